The van der Waals surface area contributed by atoms with Crippen LogP contribution in [0, 0.1) is 0 Å². The molecule has 4 nitrogen and oxygen atoms in total. The third-order valence-electron chi connectivity index (χ3n) is 1.82. The summed E-state index contributed by atoms with van der Waals surface area (Å²) in [6.07, 6.45) is 0.629. The summed E-state index contributed by atoms with van der Waals surface area (Å²) >= 11 is 0. The summed E-state index contributed by atoms with van der Waals surface area (Å²) in [6, 6.07) is 0. The van der Waals surface area contributed by atoms with Gasteiger partial charge in [0, 0.05) is 6.42 Å². The Hall–Kier alpha value is -0.270. The highest BCUT2D eigenvalue weighted by molar-refractivity contribution is 7.85. The monoisotopic (exact) mass is 275 g/mol. The molecule has 2 N–H and O–H groups in total. The zero-order valence-electron chi connectivity index (χ0n) is 10.5. The van der Waals surface area contributed by atoms with Gasteiger partial charge in [-0.2, -0.15) is 8.42 Å². The van der Waals surface area contributed by atoms with E-state index >= 15 is 0 Å². The van der Waals surface area contributed by atoms with Crippen molar-refractivity contribution in [1.82, 2.24) is 5.32 Å². The lowest BCUT2D eigenvalue weighted by Gasteiger charge is -2.00. The number of nitrogens with one attached hydrogen (secondary N) is 1. The number of hydrogen-bond donors (Lipinski definition) is 2. The molecule has 0 aliphatic rings. The Morgan fingerprint density at radius 2 is 1.47 bits per heavy atom. The molecule has 0 unspecified atom stereocenters. The van der Waals surface area contributed by atoms with Gasteiger partial charge in [0.2, 0.25) is 6.43 Å². The summed E-state index contributed by atoms with van der Waals surface area (Å²) in [5, 5.41) is 2.75. The standard InChI is InChI=1S/C8H16F2O3S.C2H7N/c9-8(10)6-4-2-1-3-5-7-14(11,12)13;1-3-2/h8H,1-7H2,(H,11,12,13);3H,1-2H3. The zero-order valence-corrected chi connectivity index (χ0v) is 11.3. The molecule has 0 saturated heterocycles. The summed E-state index contributed by atoms with van der Waals surface area (Å²) in [5.41, 5.74) is 0. The fourth-order valence-electron chi connectivity index (χ4n) is 1.11. The van der Waals surface area contributed by atoms with Crippen LogP contribution in [0.3, 0.4) is 0 Å². The molecule has 106 valence electrons. The largest absolute Gasteiger partial charge is 0.323 e. The minimum atomic E-state index is -3.85. The molecule has 0 radical (unpaired) electrons. The van der Waals surface area contributed by atoms with Crippen molar-refractivity contribution in [3.63, 3.8) is 0 Å². The second kappa shape index (κ2) is 12.2. The molecule has 0 bridgehead atoms. The molecule has 0 spiro atoms. The molecule has 0 saturated carbocycles. The van der Waals surface area contributed by atoms with Crippen molar-refractivity contribution >= 4 is 10.1 Å². The van der Waals surface area contributed by atoms with Gasteiger partial charge in [-0.3, -0.25) is 4.55 Å². The first-order valence-electron chi connectivity index (χ1n) is 5.65. The van der Waals surface area contributed by atoms with Gasteiger partial charge in [-0.15, -0.1) is 0 Å². The molecule has 7 heteroatoms. The molecule has 0 aromatic carbocycles. The number of unbranched alkanes of at least 4 members (excludes halogenated alkanes) is 4. The van der Waals surface area contributed by atoms with Crippen LogP contribution in [0.5, 0.6) is 0 Å². The summed E-state index contributed by atoms with van der Waals surface area (Å²) in [6.45, 7) is 0. The van der Waals surface area contributed by atoms with Crippen LogP contribution in [0.15, 0.2) is 0 Å². The number of alkyl halides is 2. The van der Waals surface area contributed by atoms with Gasteiger partial charge in [-0.05, 0) is 26.9 Å². The van der Waals surface area contributed by atoms with Gasteiger partial charge < -0.3 is 5.32 Å². The predicted octanol–water partition coefficient (Wildman–Crippen LogP) is 2.32. The smallest absolute Gasteiger partial charge is 0.264 e. The highest BCUT2D eigenvalue weighted by Gasteiger charge is 2.04. The van der Waals surface area contributed by atoms with Gasteiger partial charge in [-0.25, -0.2) is 8.78 Å². The Morgan fingerprint density at radius 1 is 1.06 bits per heavy atom. The van der Waals surface area contributed by atoms with Crippen LogP contribution in [-0.4, -0.2) is 39.2 Å². The van der Waals surface area contributed by atoms with Gasteiger partial charge in [0.05, 0.1) is 5.75 Å². The van der Waals surface area contributed by atoms with Crippen LogP contribution in [0.4, 0.5) is 8.78 Å². The van der Waals surface area contributed by atoms with Gasteiger partial charge in [0.1, 0.15) is 0 Å². The van der Waals surface area contributed by atoms with Crippen molar-refractivity contribution in [3.8, 4) is 0 Å². The van der Waals surface area contributed by atoms with Crippen LogP contribution >= 0.6 is 0 Å². The first-order chi connectivity index (χ1) is 7.83. The fourth-order valence-corrected chi connectivity index (χ4v) is 1.68. The second-order valence-electron chi connectivity index (χ2n) is 3.73. The van der Waals surface area contributed by atoms with E-state index in [1.807, 2.05) is 14.1 Å². The minimum Gasteiger partial charge on any atom is -0.323 e. The average Bonchev–Trinajstić information content (AvgIpc) is 2.15. The van der Waals surface area contributed by atoms with Crippen molar-refractivity contribution in [3.05, 3.63) is 0 Å². The SMILES string of the molecule is CNC.O=S(=O)(O)CCCCCCCC(F)F. The van der Waals surface area contributed by atoms with E-state index in [9.17, 15) is 17.2 Å². The Kier molecular flexibility index (Phi) is 13.7. The van der Waals surface area contributed by atoms with E-state index in [1.54, 1.807) is 0 Å². The van der Waals surface area contributed by atoms with Crippen LogP contribution in [0.25, 0.3) is 0 Å². The van der Waals surface area contributed by atoms with Crippen LogP contribution in [0.1, 0.15) is 38.5 Å². The maximum atomic E-state index is 11.7. The van der Waals surface area contributed by atoms with Gasteiger partial charge in [-0.1, -0.05) is 19.3 Å². The minimum absolute atomic E-state index is 0.0850. The molecule has 0 aliphatic heterocycles. The lowest BCUT2D eigenvalue weighted by molar-refractivity contribution is 0.133. The lowest BCUT2D eigenvalue weighted by atomic mass is 10.1. The van der Waals surface area contributed by atoms with E-state index < -0.39 is 16.5 Å². The van der Waals surface area contributed by atoms with Crippen molar-refractivity contribution in [2.45, 2.75) is 45.0 Å². The van der Waals surface area contributed by atoms with E-state index in [4.69, 9.17) is 4.55 Å². The first kappa shape index (κ1) is 19.1. The summed E-state index contributed by atoms with van der Waals surface area (Å²) in [4.78, 5) is 0. The maximum absolute atomic E-state index is 11.7. The molecule has 0 heterocycles. The van der Waals surface area contributed by atoms with Gasteiger partial charge >= 0.3 is 0 Å². The highest BCUT2D eigenvalue weighted by Crippen LogP contribution is 2.10. The average molecular weight is 275 g/mol. The molecule has 17 heavy (non-hydrogen) atoms. The van der Waals surface area contributed by atoms with Crippen LogP contribution in [0.2, 0.25) is 0 Å². The Morgan fingerprint density at radius 3 is 1.88 bits per heavy atom. The normalized spacial score (nSPS) is 11.2. The molecule has 0 atom stereocenters. The molecular formula is C10H23F2NO3S. The third-order valence-corrected chi connectivity index (χ3v) is 2.63. The molecule has 0 amide bonds. The van der Waals surface area contributed by atoms with E-state index in [0.717, 1.165) is 6.42 Å². The van der Waals surface area contributed by atoms with Crippen molar-refractivity contribution in [1.29, 1.82) is 0 Å². The second-order valence-corrected chi connectivity index (χ2v) is 5.31. The molecular weight excluding hydrogens is 252 g/mol. The number of hydrogen-bond acceptors (Lipinski definition) is 3. The first-order valence-corrected chi connectivity index (χ1v) is 7.26. The van der Waals surface area contributed by atoms with Crippen LogP contribution in [-0.2, 0) is 10.1 Å². The van der Waals surface area contributed by atoms with E-state index in [-0.39, 0.29) is 12.2 Å². The number of rotatable bonds is 8. The lowest BCUT2D eigenvalue weighted by Crippen LogP contribution is -2.03. The molecule has 0 aromatic heterocycles. The van der Waals surface area contributed by atoms with E-state index in [0.29, 0.717) is 25.7 Å². The highest BCUT2D eigenvalue weighted by atomic mass is 32.2. The maximum Gasteiger partial charge on any atom is 0.264 e. The number of halogens is 2. The summed E-state index contributed by atoms with van der Waals surface area (Å²) in [7, 11) is -0.100. The molecule has 0 aromatic rings. The van der Waals surface area contributed by atoms with E-state index in [1.165, 1.54) is 0 Å². The Labute approximate surface area is 103 Å². The zero-order chi connectivity index (χ0) is 13.7. The predicted molar refractivity (Wildman–Crippen MR) is 65.1 cm³/mol. The van der Waals surface area contributed by atoms with Gasteiger partial charge in [0.15, 0.2) is 0 Å². The summed E-state index contributed by atoms with van der Waals surface area (Å²) in [5.74, 6) is -0.234. The van der Waals surface area contributed by atoms with Crippen molar-refractivity contribution < 1.29 is 21.8 Å². The quantitative estimate of drug-likeness (QED) is 0.527. The third kappa shape index (κ3) is 25.8. The summed E-state index contributed by atoms with van der Waals surface area (Å²) < 4.78 is 52.2. The van der Waals surface area contributed by atoms with Crippen LogP contribution < -0.4 is 5.32 Å². The Balaban J connectivity index is 0. The van der Waals surface area contributed by atoms with E-state index in [2.05, 4.69) is 5.32 Å². The van der Waals surface area contributed by atoms with Crippen molar-refractivity contribution in [2.75, 3.05) is 19.8 Å². The van der Waals surface area contributed by atoms with Crippen molar-refractivity contribution in [2.24, 2.45) is 0 Å². The van der Waals surface area contributed by atoms with Gasteiger partial charge in [0.25, 0.3) is 10.1 Å². The molecule has 0 rings (SSSR count). The topological polar surface area (TPSA) is 66.4 Å². The Bertz CT molecular complexity index is 246. The fraction of sp³-hybridized carbons (Fsp3) is 1.00. The molecule has 0 fully saturated rings. The molecule has 0 aliphatic carbocycles.